The van der Waals surface area contributed by atoms with Crippen molar-refractivity contribution in [1.29, 1.82) is 0 Å². The van der Waals surface area contributed by atoms with Gasteiger partial charge >= 0.3 is 0 Å². The lowest BCUT2D eigenvalue weighted by Gasteiger charge is -2.34. The van der Waals surface area contributed by atoms with Crippen molar-refractivity contribution in [2.75, 3.05) is 19.6 Å². The molecule has 0 amide bonds. The zero-order valence-corrected chi connectivity index (χ0v) is 9.58. The molecule has 0 aliphatic carbocycles. The van der Waals surface area contributed by atoms with Gasteiger partial charge in [-0.3, -0.25) is 0 Å². The van der Waals surface area contributed by atoms with E-state index in [1.807, 2.05) is 6.92 Å². The van der Waals surface area contributed by atoms with E-state index in [1.54, 1.807) is 6.92 Å². The lowest BCUT2D eigenvalue weighted by atomic mass is 9.92. The normalized spacial score (nSPS) is 22.1. The van der Waals surface area contributed by atoms with Crippen LogP contribution >= 0.6 is 0 Å². The van der Waals surface area contributed by atoms with Crippen LogP contribution in [0.5, 0.6) is 0 Å². The van der Waals surface area contributed by atoms with Gasteiger partial charge in [-0.2, -0.15) is 13.1 Å². The summed E-state index contributed by atoms with van der Waals surface area (Å²) < 4.78 is 28.1. The zero-order valence-electron chi connectivity index (χ0n) is 8.76. The molecule has 14 heavy (non-hydrogen) atoms. The summed E-state index contributed by atoms with van der Waals surface area (Å²) in [6.07, 6.45) is 1.66. The molecular formula is C8H19N3O2S. The highest BCUT2D eigenvalue weighted by molar-refractivity contribution is 7.87. The average molecular weight is 221 g/mol. The van der Waals surface area contributed by atoms with Crippen LogP contribution in [-0.2, 0) is 10.2 Å². The molecule has 1 heterocycles. The Balaban J connectivity index is 2.57. The molecule has 3 N–H and O–H groups in total. The van der Waals surface area contributed by atoms with Crippen molar-refractivity contribution in [1.82, 2.24) is 14.8 Å². The minimum atomic E-state index is -3.32. The number of hydrogen-bond acceptors (Lipinski definition) is 3. The Bertz CT molecular complexity index is 270. The van der Waals surface area contributed by atoms with Crippen molar-refractivity contribution in [3.63, 3.8) is 0 Å². The number of nitrogens with one attached hydrogen (secondary N) is 3. The van der Waals surface area contributed by atoms with Crippen molar-refractivity contribution in [2.24, 2.45) is 0 Å². The minimum Gasteiger partial charge on any atom is -0.317 e. The van der Waals surface area contributed by atoms with Crippen LogP contribution in [0.25, 0.3) is 0 Å². The van der Waals surface area contributed by atoms with Gasteiger partial charge in [-0.1, -0.05) is 6.92 Å². The largest absolute Gasteiger partial charge is 0.317 e. The molecule has 1 aliphatic rings. The van der Waals surface area contributed by atoms with E-state index >= 15 is 0 Å². The van der Waals surface area contributed by atoms with Gasteiger partial charge in [-0.15, -0.1) is 0 Å². The van der Waals surface area contributed by atoms with E-state index in [0.29, 0.717) is 6.54 Å². The van der Waals surface area contributed by atoms with E-state index in [2.05, 4.69) is 14.8 Å². The fraction of sp³-hybridized carbons (Fsp3) is 1.00. The SMILES string of the molecule is CCNS(=O)(=O)NC1(C)CCNCC1. The van der Waals surface area contributed by atoms with Crippen molar-refractivity contribution in [3.05, 3.63) is 0 Å². The summed E-state index contributed by atoms with van der Waals surface area (Å²) in [5.74, 6) is 0. The molecule has 0 bridgehead atoms. The quantitative estimate of drug-likeness (QED) is 0.603. The van der Waals surface area contributed by atoms with Crippen LogP contribution in [-0.4, -0.2) is 33.6 Å². The maximum atomic E-state index is 11.5. The molecule has 1 rings (SSSR count). The monoisotopic (exact) mass is 221 g/mol. The Kier molecular flexibility index (Phi) is 3.88. The summed E-state index contributed by atoms with van der Waals surface area (Å²) >= 11 is 0. The van der Waals surface area contributed by atoms with E-state index in [-0.39, 0.29) is 5.54 Å². The summed E-state index contributed by atoms with van der Waals surface area (Å²) in [6.45, 7) is 5.87. The van der Waals surface area contributed by atoms with E-state index in [1.165, 1.54) is 0 Å². The molecule has 1 saturated heterocycles. The third kappa shape index (κ3) is 3.53. The van der Waals surface area contributed by atoms with Crippen LogP contribution in [0.2, 0.25) is 0 Å². The molecule has 0 aromatic rings. The smallest absolute Gasteiger partial charge is 0.277 e. The molecule has 0 atom stereocenters. The number of hydrogen-bond donors (Lipinski definition) is 3. The third-order valence-corrected chi connectivity index (χ3v) is 3.85. The Morgan fingerprint density at radius 2 is 1.93 bits per heavy atom. The first-order chi connectivity index (χ1) is 6.47. The third-order valence-electron chi connectivity index (χ3n) is 2.42. The Morgan fingerprint density at radius 1 is 1.36 bits per heavy atom. The van der Waals surface area contributed by atoms with E-state index in [0.717, 1.165) is 25.9 Å². The van der Waals surface area contributed by atoms with Crippen LogP contribution < -0.4 is 14.8 Å². The lowest BCUT2D eigenvalue weighted by molar-refractivity contribution is 0.306. The Morgan fingerprint density at radius 3 is 2.43 bits per heavy atom. The van der Waals surface area contributed by atoms with E-state index in [9.17, 15) is 8.42 Å². The Labute approximate surface area is 85.8 Å². The predicted octanol–water partition coefficient (Wildman–Crippen LogP) is -0.428. The molecule has 0 unspecified atom stereocenters. The summed E-state index contributed by atoms with van der Waals surface area (Å²) in [4.78, 5) is 0. The van der Waals surface area contributed by atoms with Gasteiger partial charge in [-0.25, -0.2) is 4.72 Å². The zero-order chi connectivity index (χ0) is 10.7. The molecule has 5 nitrogen and oxygen atoms in total. The van der Waals surface area contributed by atoms with E-state index < -0.39 is 10.2 Å². The minimum absolute atomic E-state index is 0.299. The standard InChI is InChI=1S/C8H19N3O2S/c1-3-10-14(12,13)11-8(2)4-6-9-7-5-8/h9-11H,3-7H2,1-2H3. The van der Waals surface area contributed by atoms with Crippen LogP contribution in [0.3, 0.4) is 0 Å². The first kappa shape index (κ1) is 11.9. The van der Waals surface area contributed by atoms with Gasteiger partial charge in [0.1, 0.15) is 0 Å². The lowest BCUT2D eigenvalue weighted by Crippen LogP contribution is -2.55. The molecule has 0 saturated carbocycles. The van der Waals surface area contributed by atoms with Gasteiger partial charge in [0.25, 0.3) is 10.2 Å². The van der Waals surface area contributed by atoms with Crippen LogP contribution in [0.15, 0.2) is 0 Å². The van der Waals surface area contributed by atoms with E-state index in [4.69, 9.17) is 0 Å². The fourth-order valence-corrected chi connectivity index (χ4v) is 2.94. The highest BCUT2D eigenvalue weighted by Crippen LogP contribution is 2.17. The van der Waals surface area contributed by atoms with Crippen LogP contribution in [0, 0.1) is 0 Å². The maximum absolute atomic E-state index is 11.5. The first-order valence-corrected chi connectivity index (χ1v) is 6.45. The summed E-state index contributed by atoms with van der Waals surface area (Å²) in [5, 5.41) is 3.20. The fourth-order valence-electron chi connectivity index (χ4n) is 1.63. The van der Waals surface area contributed by atoms with Crippen LogP contribution in [0.4, 0.5) is 0 Å². The van der Waals surface area contributed by atoms with Crippen molar-refractivity contribution in [2.45, 2.75) is 32.2 Å². The highest BCUT2D eigenvalue weighted by Gasteiger charge is 2.30. The summed E-state index contributed by atoms with van der Waals surface area (Å²) in [5.41, 5.74) is -0.299. The molecule has 1 aliphatic heterocycles. The average Bonchev–Trinajstić information content (AvgIpc) is 2.02. The topological polar surface area (TPSA) is 70.2 Å². The summed E-state index contributed by atoms with van der Waals surface area (Å²) in [6, 6.07) is 0. The molecule has 0 radical (unpaired) electrons. The molecule has 0 aromatic heterocycles. The number of piperidine rings is 1. The van der Waals surface area contributed by atoms with Crippen molar-refractivity contribution >= 4 is 10.2 Å². The molecule has 84 valence electrons. The van der Waals surface area contributed by atoms with Gasteiger partial charge in [0.05, 0.1) is 0 Å². The van der Waals surface area contributed by atoms with Crippen molar-refractivity contribution < 1.29 is 8.42 Å². The second-order valence-corrected chi connectivity index (χ2v) is 5.41. The second kappa shape index (κ2) is 4.57. The van der Waals surface area contributed by atoms with Crippen LogP contribution in [0.1, 0.15) is 26.7 Å². The molecular weight excluding hydrogens is 202 g/mol. The van der Waals surface area contributed by atoms with Crippen molar-refractivity contribution in [3.8, 4) is 0 Å². The number of rotatable bonds is 4. The maximum Gasteiger partial charge on any atom is 0.277 e. The highest BCUT2D eigenvalue weighted by atomic mass is 32.2. The second-order valence-electron chi connectivity index (χ2n) is 3.91. The predicted molar refractivity (Wildman–Crippen MR) is 56.2 cm³/mol. The van der Waals surface area contributed by atoms with Gasteiger partial charge < -0.3 is 5.32 Å². The molecule has 0 aromatic carbocycles. The molecule has 1 fully saturated rings. The van der Waals surface area contributed by atoms with Gasteiger partial charge in [0, 0.05) is 12.1 Å². The van der Waals surface area contributed by atoms with Gasteiger partial charge in [0.15, 0.2) is 0 Å². The first-order valence-electron chi connectivity index (χ1n) is 4.97. The van der Waals surface area contributed by atoms with Gasteiger partial charge in [0.2, 0.25) is 0 Å². The summed E-state index contributed by atoms with van der Waals surface area (Å²) in [7, 11) is -3.32. The van der Waals surface area contributed by atoms with Gasteiger partial charge in [-0.05, 0) is 32.9 Å². The molecule has 0 spiro atoms. The Hall–Kier alpha value is -0.170. The molecule has 6 heteroatoms.